The number of rotatable bonds is 8. The van der Waals surface area contributed by atoms with Gasteiger partial charge in [-0.25, -0.2) is 8.42 Å². The van der Waals surface area contributed by atoms with Gasteiger partial charge < -0.3 is 10.2 Å². The minimum Gasteiger partial charge on any atom is -0.372 e. The lowest BCUT2D eigenvalue weighted by Gasteiger charge is -2.25. The molecule has 7 heteroatoms. The number of carbonyl (C=O) groups excluding carboxylic acids is 1. The van der Waals surface area contributed by atoms with Crippen molar-refractivity contribution in [2.75, 3.05) is 35.1 Å². The third-order valence-electron chi connectivity index (χ3n) is 3.40. The SMILES string of the molecule is CCN(CC)c1ccc(N(CC(=O)NC(C)C)S(C)(=O)=O)cc1. The van der Waals surface area contributed by atoms with Crippen LogP contribution in [0.2, 0.25) is 0 Å². The number of benzene rings is 1. The predicted molar refractivity (Wildman–Crippen MR) is 95.5 cm³/mol. The van der Waals surface area contributed by atoms with E-state index in [4.69, 9.17) is 0 Å². The number of anilines is 2. The van der Waals surface area contributed by atoms with Gasteiger partial charge in [0.25, 0.3) is 0 Å². The summed E-state index contributed by atoms with van der Waals surface area (Å²) in [6.07, 6.45) is 1.11. The van der Waals surface area contributed by atoms with Gasteiger partial charge in [0, 0.05) is 24.8 Å². The molecule has 0 aromatic heterocycles. The molecule has 0 atom stereocenters. The molecule has 0 heterocycles. The van der Waals surface area contributed by atoms with E-state index in [1.54, 1.807) is 12.1 Å². The molecule has 0 aliphatic carbocycles. The van der Waals surface area contributed by atoms with E-state index in [0.29, 0.717) is 5.69 Å². The molecular weight excluding hydrogens is 314 g/mol. The molecule has 1 amide bonds. The van der Waals surface area contributed by atoms with E-state index in [-0.39, 0.29) is 18.5 Å². The molecule has 0 unspecified atom stereocenters. The van der Waals surface area contributed by atoms with Gasteiger partial charge in [-0.2, -0.15) is 0 Å². The van der Waals surface area contributed by atoms with E-state index in [2.05, 4.69) is 24.1 Å². The van der Waals surface area contributed by atoms with Gasteiger partial charge in [-0.05, 0) is 52.0 Å². The number of sulfonamides is 1. The van der Waals surface area contributed by atoms with Gasteiger partial charge >= 0.3 is 0 Å². The van der Waals surface area contributed by atoms with Gasteiger partial charge in [0.1, 0.15) is 6.54 Å². The third kappa shape index (κ3) is 5.74. The molecule has 0 bridgehead atoms. The summed E-state index contributed by atoms with van der Waals surface area (Å²) in [5.74, 6) is -0.321. The Kier molecular flexibility index (Phi) is 6.87. The van der Waals surface area contributed by atoms with Crippen molar-refractivity contribution in [3.05, 3.63) is 24.3 Å². The van der Waals surface area contributed by atoms with Gasteiger partial charge in [0.2, 0.25) is 15.9 Å². The normalized spacial score (nSPS) is 11.4. The van der Waals surface area contributed by atoms with Crippen molar-refractivity contribution in [2.45, 2.75) is 33.7 Å². The molecule has 0 fully saturated rings. The Morgan fingerprint density at radius 3 is 1.96 bits per heavy atom. The Morgan fingerprint density at radius 2 is 1.57 bits per heavy atom. The highest BCUT2D eigenvalue weighted by molar-refractivity contribution is 7.92. The number of hydrogen-bond acceptors (Lipinski definition) is 4. The first-order chi connectivity index (χ1) is 10.7. The molecule has 0 radical (unpaired) electrons. The minimum absolute atomic E-state index is 0.0334. The van der Waals surface area contributed by atoms with E-state index >= 15 is 0 Å². The molecular formula is C16H27N3O3S. The molecule has 1 rings (SSSR count). The van der Waals surface area contributed by atoms with Crippen molar-refractivity contribution in [1.82, 2.24) is 5.32 Å². The summed E-state index contributed by atoms with van der Waals surface area (Å²) in [5.41, 5.74) is 1.51. The first kappa shape index (κ1) is 19.3. The molecule has 1 N–H and O–H groups in total. The molecule has 0 spiro atoms. The zero-order chi connectivity index (χ0) is 17.6. The fourth-order valence-electron chi connectivity index (χ4n) is 2.32. The Labute approximate surface area is 139 Å². The van der Waals surface area contributed by atoms with E-state index < -0.39 is 10.0 Å². The zero-order valence-electron chi connectivity index (χ0n) is 14.5. The standard InChI is InChI=1S/C16H27N3O3S/c1-6-18(7-2)14-8-10-15(11-9-14)19(23(5,21)22)12-16(20)17-13(3)4/h8-11,13H,6-7,12H2,1-5H3,(H,17,20). The highest BCUT2D eigenvalue weighted by Gasteiger charge is 2.21. The first-order valence-corrected chi connectivity index (χ1v) is 9.65. The van der Waals surface area contributed by atoms with Crippen molar-refractivity contribution < 1.29 is 13.2 Å². The van der Waals surface area contributed by atoms with Crippen molar-refractivity contribution in [3.63, 3.8) is 0 Å². The predicted octanol–water partition coefficient (Wildman–Crippen LogP) is 1.82. The highest BCUT2D eigenvalue weighted by Crippen LogP contribution is 2.22. The number of amides is 1. The van der Waals surface area contributed by atoms with Crippen LogP contribution in [0.25, 0.3) is 0 Å². The number of hydrogen-bond donors (Lipinski definition) is 1. The van der Waals surface area contributed by atoms with Crippen molar-refractivity contribution in [3.8, 4) is 0 Å². The third-order valence-corrected chi connectivity index (χ3v) is 4.54. The van der Waals surface area contributed by atoms with Crippen LogP contribution in [0.5, 0.6) is 0 Å². The van der Waals surface area contributed by atoms with Crippen LogP contribution in [0.1, 0.15) is 27.7 Å². The van der Waals surface area contributed by atoms with Gasteiger partial charge in [0.15, 0.2) is 0 Å². The lowest BCUT2D eigenvalue weighted by atomic mass is 10.2. The van der Waals surface area contributed by atoms with E-state index in [1.807, 2.05) is 26.0 Å². The Bertz CT molecular complexity index is 608. The van der Waals surface area contributed by atoms with Crippen LogP contribution in [-0.2, 0) is 14.8 Å². The first-order valence-electron chi connectivity index (χ1n) is 7.81. The molecule has 6 nitrogen and oxygen atoms in total. The van der Waals surface area contributed by atoms with Gasteiger partial charge in [-0.3, -0.25) is 9.10 Å². The maximum Gasteiger partial charge on any atom is 0.240 e. The van der Waals surface area contributed by atoms with Crippen molar-refractivity contribution in [2.24, 2.45) is 0 Å². The topological polar surface area (TPSA) is 69.7 Å². The average molecular weight is 341 g/mol. The summed E-state index contributed by atoms with van der Waals surface area (Å²) in [7, 11) is -3.53. The summed E-state index contributed by atoms with van der Waals surface area (Å²) in [4.78, 5) is 14.1. The maximum absolute atomic E-state index is 12.0. The Hall–Kier alpha value is -1.76. The Morgan fingerprint density at radius 1 is 1.09 bits per heavy atom. The second kappa shape index (κ2) is 8.19. The summed E-state index contributed by atoms with van der Waals surface area (Å²) in [6.45, 7) is 9.34. The maximum atomic E-state index is 12.0. The molecule has 1 aromatic carbocycles. The fourth-order valence-corrected chi connectivity index (χ4v) is 3.17. The summed E-state index contributed by atoms with van der Waals surface area (Å²) in [6, 6.07) is 7.19. The van der Waals surface area contributed by atoms with Crippen LogP contribution in [0, 0.1) is 0 Å². The van der Waals surface area contributed by atoms with Gasteiger partial charge in [0.05, 0.1) is 11.9 Å². The van der Waals surface area contributed by atoms with Crippen molar-refractivity contribution >= 4 is 27.3 Å². The van der Waals surface area contributed by atoms with Gasteiger partial charge in [-0.1, -0.05) is 0 Å². The largest absolute Gasteiger partial charge is 0.372 e. The van der Waals surface area contributed by atoms with Crippen LogP contribution in [0.4, 0.5) is 11.4 Å². The molecule has 23 heavy (non-hydrogen) atoms. The molecule has 130 valence electrons. The zero-order valence-corrected chi connectivity index (χ0v) is 15.4. The molecule has 1 aromatic rings. The molecule has 0 aliphatic rings. The average Bonchev–Trinajstić information content (AvgIpc) is 2.45. The smallest absolute Gasteiger partial charge is 0.240 e. The molecule has 0 saturated heterocycles. The quantitative estimate of drug-likeness (QED) is 0.783. The summed E-state index contributed by atoms with van der Waals surface area (Å²) < 4.78 is 25.2. The number of nitrogens with one attached hydrogen (secondary N) is 1. The van der Waals surface area contributed by atoms with E-state index in [1.165, 1.54) is 0 Å². The van der Waals surface area contributed by atoms with E-state index in [0.717, 1.165) is 29.3 Å². The van der Waals surface area contributed by atoms with Crippen LogP contribution in [0.15, 0.2) is 24.3 Å². The monoisotopic (exact) mass is 341 g/mol. The number of carbonyl (C=O) groups is 1. The van der Waals surface area contributed by atoms with Gasteiger partial charge in [-0.15, -0.1) is 0 Å². The molecule has 0 saturated carbocycles. The second-order valence-electron chi connectivity index (χ2n) is 5.68. The lowest BCUT2D eigenvalue weighted by molar-refractivity contribution is -0.120. The number of nitrogens with zero attached hydrogens (tertiary/aromatic N) is 2. The minimum atomic E-state index is -3.53. The van der Waals surface area contributed by atoms with Crippen LogP contribution >= 0.6 is 0 Å². The summed E-state index contributed by atoms with van der Waals surface area (Å²) in [5, 5.41) is 2.71. The Balaban J connectivity index is 3.02. The second-order valence-corrected chi connectivity index (χ2v) is 7.59. The lowest BCUT2D eigenvalue weighted by Crippen LogP contribution is -2.42. The van der Waals surface area contributed by atoms with Crippen LogP contribution in [-0.4, -0.2) is 46.3 Å². The van der Waals surface area contributed by atoms with Crippen molar-refractivity contribution in [1.29, 1.82) is 0 Å². The van der Waals surface area contributed by atoms with E-state index in [9.17, 15) is 13.2 Å². The molecule has 0 aliphatic heterocycles. The fraction of sp³-hybridized carbons (Fsp3) is 0.562. The summed E-state index contributed by atoms with van der Waals surface area (Å²) >= 11 is 0. The van der Waals surface area contributed by atoms with Crippen LogP contribution < -0.4 is 14.5 Å². The highest BCUT2D eigenvalue weighted by atomic mass is 32.2. The van der Waals surface area contributed by atoms with Crippen LogP contribution in [0.3, 0.4) is 0 Å².